The fourth-order valence-electron chi connectivity index (χ4n) is 3.95. The minimum Gasteiger partial charge on any atom is -0.264 e. The lowest BCUT2D eigenvalue weighted by Crippen LogP contribution is -1.86. The summed E-state index contributed by atoms with van der Waals surface area (Å²) in [5.74, 6) is 0. The molecule has 6 rings (SSSR count). The molecule has 0 unspecified atom stereocenters. The van der Waals surface area contributed by atoms with Gasteiger partial charge >= 0.3 is 0 Å². The maximum atomic E-state index is 4.66. The van der Waals surface area contributed by atoms with Gasteiger partial charge in [-0.2, -0.15) is 0 Å². The summed E-state index contributed by atoms with van der Waals surface area (Å²) in [7, 11) is 0. The first-order chi connectivity index (χ1) is 14.4. The highest BCUT2D eigenvalue weighted by Gasteiger charge is 2.21. The van der Waals surface area contributed by atoms with E-state index in [-0.39, 0.29) is 0 Å². The Bertz CT molecular complexity index is 1380. The van der Waals surface area contributed by atoms with Gasteiger partial charge in [0.2, 0.25) is 0 Å². The van der Waals surface area contributed by atoms with E-state index in [0.29, 0.717) is 0 Å². The third-order valence-electron chi connectivity index (χ3n) is 5.17. The largest absolute Gasteiger partial charge is 0.264 e. The minimum atomic E-state index is 0.969. The van der Waals surface area contributed by atoms with Gasteiger partial charge in [0.25, 0.3) is 0 Å². The molecule has 0 fully saturated rings. The third kappa shape index (κ3) is 2.45. The number of benzene rings is 1. The first-order valence-corrected chi connectivity index (χ1v) is 10.1. The Morgan fingerprint density at radius 2 is 1.03 bits per heavy atom. The molecule has 0 saturated carbocycles. The predicted octanol–water partition coefficient (Wildman–Crippen LogP) is 6.12. The van der Waals surface area contributed by atoms with Gasteiger partial charge in [-0.15, -0.1) is 11.3 Å². The summed E-state index contributed by atoms with van der Waals surface area (Å²) >= 11 is 1.74. The molecule has 4 nitrogen and oxygen atoms in total. The van der Waals surface area contributed by atoms with Crippen LogP contribution >= 0.6 is 11.3 Å². The summed E-state index contributed by atoms with van der Waals surface area (Å²) in [6, 6.07) is 16.3. The Labute approximate surface area is 170 Å². The van der Waals surface area contributed by atoms with E-state index in [1.165, 1.54) is 10.8 Å². The van der Waals surface area contributed by atoms with Crippen LogP contribution in [0.3, 0.4) is 0 Å². The molecular weight excluding hydrogens is 376 g/mol. The van der Waals surface area contributed by atoms with Gasteiger partial charge in [-0.05, 0) is 47.2 Å². The number of fused-ring (bicyclic) bond motifs is 6. The average Bonchev–Trinajstić information content (AvgIpc) is 3.22. The molecule has 5 heterocycles. The highest BCUT2D eigenvalue weighted by Crippen LogP contribution is 2.49. The summed E-state index contributed by atoms with van der Waals surface area (Å²) in [4.78, 5) is 20.4. The minimum absolute atomic E-state index is 0.969. The van der Waals surface area contributed by atoms with E-state index in [1.54, 1.807) is 11.3 Å². The van der Waals surface area contributed by atoms with Crippen LogP contribution in [0.2, 0.25) is 0 Å². The molecular formula is C24H14N4S. The van der Waals surface area contributed by atoms with Gasteiger partial charge in [-0.3, -0.25) is 19.9 Å². The monoisotopic (exact) mass is 390 g/mol. The lowest BCUT2D eigenvalue weighted by molar-refractivity contribution is 1.34. The smallest absolute Gasteiger partial charge is 0.0808 e. The maximum absolute atomic E-state index is 4.66. The molecule has 0 saturated heterocycles. The topological polar surface area (TPSA) is 51.6 Å². The van der Waals surface area contributed by atoms with Crippen molar-refractivity contribution in [1.82, 2.24) is 19.9 Å². The van der Waals surface area contributed by atoms with Crippen LogP contribution in [0.4, 0.5) is 0 Å². The molecule has 1 aromatic carbocycles. The highest BCUT2D eigenvalue weighted by atomic mass is 32.1. The number of hydrogen-bond donors (Lipinski definition) is 0. The summed E-state index contributed by atoms with van der Waals surface area (Å²) in [6.45, 7) is 0. The van der Waals surface area contributed by atoms with E-state index >= 15 is 0 Å². The summed E-state index contributed by atoms with van der Waals surface area (Å²) in [5.41, 5.74) is 1.94. The van der Waals surface area contributed by atoms with Crippen molar-refractivity contribution < 1.29 is 0 Å². The Morgan fingerprint density at radius 3 is 1.48 bits per heavy atom. The molecule has 0 bridgehead atoms. The molecule has 0 atom stereocenters. The van der Waals surface area contributed by atoms with E-state index in [0.717, 1.165) is 42.7 Å². The molecule has 5 aromatic heterocycles. The van der Waals surface area contributed by atoms with Crippen molar-refractivity contribution in [2.24, 2.45) is 0 Å². The van der Waals surface area contributed by atoms with Gasteiger partial charge in [0.1, 0.15) is 0 Å². The molecule has 6 aromatic rings. The molecule has 0 aliphatic heterocycles. The molecule has 0 aliphatic rings. The van der Waals surface area contributed by atoms with E-state index in [4.69, 9.17) is 0 Å². The molecule has 136 valence electrons. The van der Waals surface area contributed by atoms with Gasteiger partial charge < -0.3 is 0 Å². The SMILES string of the molecule is c1ccc(-c2sc(-c3ccccn3)c3c4ccncc4c4cnccc4c23)nc1. The molecule has 0 aliphatic carbocycles. The van der Waals surface area contributed by atoms with Crippen molar-refractivity contribution in [3.8, 4) is 21.1 Å². The fraction of sp³-hybridized carbons (Fsp3) is 0. The van der Waals surface area contributed by atoms with Crippen molar-refractivity contribution >= 4 is 43.7 Å². The first-order valence-electron chi connectivity index (χ1n) is 9.30. The Morgan fingerprint density at radius 1 is 0.517 bits per heavy atom. The number of pyridine rings is 4. The standard InChI is InChI=1S/C24H14N4S/c1-3-9-27-19(5-1)23-21-15-7-11-25-13-17(15)18-14-26-12-8-16(18)22(21)24(29-23)20-6-2-4-10-28-20/h1-14H. The zero-order chi connectivity index (χ0) is 19.2. The lowest BCUT2D eigenvalue weighted by Gasteiger charge is -2.09. The van der Waals surface area contributed by atoms with Crippen molar-refractivity contribution in [3.63, 3.8) is 0 Å². The number of aromatic nitrogens is 4. The zero-order valence-corrected chi connectivity index (χ0v) is 16.1. The van der Waals surface area contributed by atoms with Crippen LogP contribution in [-0.2, 0) is 0 Å². The van der Waals surface area contributed by atoms with Gasteiger partial charge in [-0.1, -0.05) is 12.1 Å². The van der Waals surface area contributed by atoms with Crippen molar-refractivity contribution in [3.05, 3.63) is 85.7 Å². The van der Waals surface area contributed by atoms with E-state index in [1.807, 2.05) is 61.4 Å². The maximum Gasteiger partial charge on any atom is 0.0808 e. The second-order valence-corrected chi connectivity index (χ2v) is 7.80. The van der Waals surface area contributed by atoms with Crippen LogP contribution in [0.25, 0.3) is 53.5 Å². The number of nitrogens with zero attached hydrogens (tertiary/aromatic N) is 4. The van der Waals surface area contributed by atoms with Crippen LogP contribution in [0, 0.1) is 0 Å². The second kappa shape index (κ2) is 6.43. The summed E-state index contributed by atoms with van der Waals surface area (Å²) in [6.07, 6.45) is 11.2. The number of hydrogen-bond acceptors (Lipinski definition) is 5. The highest BCUT2D eigenvalue weighted by molar-refractivity contribution is 7.21. The second-order valence-electron chi connectivity index (χ2n) is 6.78. The van der Waals surface area contributed by atoms with Crippen molar-refractivity contribution in [2.45, 2.75) is 0 Å². The van der Waals surface area contributed by atoms with Crippen LogP contribution in [-0.4, -0.2) is 19.9 Å². The Kier molecular flexibility index (Phi) is 3.61. The Balaban J connectivity index is 1.90. The molecule has 0 amide bonds. The normalized spacial score (nSPS) is 11.4. The Hall–Kier alpha value is -3.70. The van der Waals surface area contributed by atoms with Gasteiger partial charge in [0, 0.05) is 58.7 Å². The molecule has 0 N–H and O–H groups in total. The molecule has 0 spiro atoms. The van der Waals surface area contributed by atoms with E-state index in [2.05, 4.69) is 44.2 Å². The van der Waals surface area contributed by atoms with Crippen molar-refractivity contribution in [2.75, 3.05) is 0 Å². The fourth-order valence-corrected chi connectivity index (χ4v) is 5.24. The average molecular weight is 390 g/mol. The third-order valence-corrected chi connectivity index (χ3v) is 6.41. The van der Waals surface area contributed by atoms with Crippen molar-refractivity contribution in [1.29, 1.82) is 0 Å². The van der Waals surface area contributed by atoms with E-state index in [9.17, 15) is 0 Å². The summed E-state index contributed by atoms with van der Waals surface area (Å²) in [5, 5.41) is 6.93. The van der Waals surface area contributed by atoms with E-state index < -0.39 is 0 Å². The molecule has 29 heavy (non-hydrogen) atoms. The van der Waals surface area contributed by atoms with Crippen LogP contribution in [0.5, 0.6) is 0 Å². The first kappa shape index (κ1) is 16.3. The predicted molar refractivity (Wildman–Crippen MR) is 119 cm³/mol. The number of thiophene rings is 1. The van der Waals surface area contributed by atoms with Crippen LogP contribution in [0.15, 0.2) is 85.7 Å². The van der Waals surface area contributed by atoms with Gasteiger partial charge in [0.15, 0.2) is 0 Å². The zero-order valence-electron chi connectivity index (χ0n) is 15.3. The molecule has 0 radical (unpaired) electrons. The van der Waals surface area contributed by atoms with Crippen LogP contribution < -0.4 is 0 Å². The summed E-state index contributed by atoms with van der Waals surface area (Å²) < 4.78 is 0. The molecule has 5 heteroatoms. The van der Waals surface area contributed by atoms with Crippen LogP contribution in [0.1, 0.15) is 0 Å². The quantitative estimate of drug-likeness (QED) is 0.334. The number of rotatable bonds is 2. The van der Waals surface area contributed by atoms with Gasteiger partial charge in [-0.25, -0.2) is 0 Å². The lowest BCUT2D eigenvalue weighted by atomic mass is 9.96. The van der Waals surface area contributed by atoms with Gasteiger partial charge in [0.05, 0.1) is 21.1 Å².